The Morgan fingerprint density at radius 3 is 2.79 bits per heavy atom. The smallest absolute Gasteiger partial charge is 0.276 e. The van der Waals surface area contributed by atoms with Gasteiger partial charge in [0, 0.05) is 0 Å². The number of aromatic nitrogens is 1. The topological polar surface area (TPSA) is 86.5 Å². The van der Waals surface area contributed by atoms with Crippen molar-refractivity contribution >= 4 is 17.2 Å². The van der Waals surface area contributed by atoms with E-state index in [1.54, 1.807) is 26.4 Å². The van der Waals surface area contributed by atoms with E-state index in [1.807, 2.05) is 6.07 Å². The molecule has 1 amide bonds. The quantitative estimate of drug-likeness (QED) is 0.502. The molecule has 1 aromatic carbocycles. The Labute approximate surface area is 114 Å². The number of carbonyl (C=O) groups is 1. The van der Waals surface area contributed by atoms with Gasteiger partial charge in [-0.1, -0.05) is 0 Å². The van der Waals surface area contributed by atoms with Crippen LogP contribution in [0.5, 0.6) is 11.5 Å². The molecule has 0 radical (unpaired) electrons. The maximum atomic E-state index is 11.4. The summed E-state index contributed by atoms with van der Waals surface area (Å²) in [6, 6.07) is 5.39. The largest absolute Gasteiger partial charge is 0.497 e. The van der Waals surface area contributed by atoms with Crippen LogP contribution in [0.2, 0.25) is 0 Å². The first kappa shape index (κ1) is 13.3. The first-order chi connectivity index (χ1) is 9.19. The first-order valence-electron chi connectivity index (χ1n) is 5.38. The molecule has 0 aliphatic heterocycles. The molecule has 7 heteroatoms. The lowest BCUT2D eigenvalue weighted by Crippen LogP contribution is -2.29. The number of nitrogen functional groups attached to an aromatic ring is 1. The highest BCUT2D eigenvalue weighted by Gasteiger charge is 2.14. The summed E-state index contributed by atoms with van der Waals surface area (Å²) in [5.74, 6) is 6.07. The highest BCUT2D eigenvalue weighted by Crippen LogP contribution is 2.35. The van der Waals surface area contributed by atoms with Crippen LogP contribution in [0.25, 0.3) is 10.6 Å². The Bertz CT molecular complexity index is 598. The Hall–Kier alpha value is -2.12. The number of rotatable bonds is 4. The van der Waals surface area contributed by atoms with Crippen molar-refractivity contribution in [2.45, 2.75) is 0 Å². The normalized spacial score (nSPS) is 10.1. The zero-order valence-corrected chi connectivity index (χ0v) is 11.3. The van der Waals surface area contributed by atoms with Gasteiger partial charge in [-0.25, -0.2) is 10.8 Å². The second kappa shape index (κ2) is 5.68. The van der Waals surface area contributed by atoms with E-state index in [2.05, 4.69) is 10.4 Å². The molecule has 100 valence electrons. The molecule has 0 atom stereocenters. The third-order valence-electron chi connectivity index (χ3n) is 2.50. The number of ether oxygens (including phenoxy) is 2. The minimum atomic E-state index is -0.370. The van der Waals surface area contributed by atoms with Crippen LogP contribution < -0.4 is 20.7 Å². The van der Waals surface area contributed by atoms with Crippen LogP contribution >= 0.6 is 11.3 Å². The lowest BCUT2D eigenvalue weighted by atomic mass is 10.2. The lowest BCUT2D eigenvalue weighted by Gasteiger charge is -2.07. The molecule has 2 aromatic rings. The number of hydrogen-bond acceptors (Lipinski definition) is 6. The highest BCUT2D eigenvalue weighted by atomic mass is 32.1. The predicted octanol–water partition coefficient (Wildman–Crippen LogP) is 1.43. The van der Waals surface area contributed by atoms with Crippen molar-refractivity contribution in [1.82, 2.24) is 10.4 Å². The molecule has 0 aliphatic carbocycles. The number of benzene rings is 1. The average molecular weight is 279 g/mol. The number of nitrogens with one attached hydrogen (secondary N) is 1. The zero-order chi connectivity index (χ0) is 13.8. The van der Waals surface area contributed by atoms with E-state index in [4.69, 9.17) is 15.3 Å². The molecule has 3 N–H and O–H groups in total. The molecular formula is C12H13N3O3S. The average Bonchev–Trinajstić information content (AvgIpc) is 2.95. The zero-order valence-electron chi connectivity index (χ0n) is 10.5. The van der Waals surface area contributed by atoms with E-state index in [0.29, 0.717) is 21.4 Å². The summed E-state index contributed by atoms with van der Waals surface area (Å²) < 4.78 is 10.5. The third kappa shape index (κ3) is 2.67. The van der Waals surface area contributed by atoms with Crippen LogP contribution in [0.3, 0.4) is 0 Å². The van der Waals surface area contributed by atoms with Gasteiger partial charge in [-0.2, -0.15) is 0 Å². The molecule has 0 bridgehead atoms. The minimum absolute atomic E-state index is 0.370. The maximum absolute atomic E-state index is 11.4. The number of hydrazine groups is 1. The van der Waals surface area contributed by atoms with Crippen molar-refractivity contribution in [2.24, 2.45) is 5.84 Å². The summed E-state index contributed by atoms with van der Waals surface area (Å²) in [7, 11) is 3.16. The van der Waals surface area contributed by atoms with E-state index in [-0.39, 0.29) is 5.91 Å². The molecule has 0 saturated heterocycles. The minimum Gasteiger partial charge on any atom is -0.497 e. The molecule has 6 nitrogen and oxygen atoms in total. The number of methoxy groups -OCH3 is 2. The van der Waals surface area contributed by atoms with Crippen molar-refractivity contribution in [1.29, 1.82) is 0 Å². The van der Waals surface area contributed by atoms with Gasteiger partial charge >= 0.3 is 0 Å². The van der Waals surface area contributed by atoms with Gasteiger partial charge < -0.3 is 9.47 Å². The number of carbonyl (C=O) groups excluding carboxylic acids is 1. The number of amides is 1. The third-order valence-corrected chi connectivity index (χ3v) is 3.53. The molecule has 0 aliphatic rings. The number of nitrogens with two attached hydrogens (primary N) is 1. The maximum Gasteiger partial charge on any atom is 0.276 e. The standard InChI is InChI=1S/C12H13N3O3S/c1-17-7-3-4-9(18-2)8(5-7)12-14-6-10(19-12)11(16)15-13/h3-6H,13H2,1-2H3,(H,15,16). The van der Waals surface area contributed by atoms with Crippen LogP contribution in [0.4, 0.5) is 0 Å². The Kier molecular flexibility index (Phi) is 3.98. The van der Waals surface area contributed by atoms with Crippen molar-refractivity contribution < 1.29 is 14.3 Å². The van der Waals surface area contributed by atoms with Crippen LogP contribution in [0, 0.1) is 0 Å². The SMILES string of the molecule is COc1ccc(OC)c(-c2ncc(C(=O)NN)s2)c1. The van der Waals surface area contributed by atoms with E-state index >= 15 is 0 Å². The van der Waals surface area contributed by atoms with Gasteiger partial charge in [-0.15, -0.1) is 11.3 Å². The lowest BCUT2D eigenvalue weighted by molar-refractivity contribution is 0.0957. The monoisotopic (exact) mass is 279 g/mol. The van der Waals surface area contributed by atoms with Gasteiger partial charge in [0.15, 0.2) is 0 Å². The van der Waals surface area contributed by atoms with Gasteiger partial charge in [0.25, 0.3) is 5.91 Å². The predicted molar refractivity (Wildman–Crippen MR) is 72.3 cm³/mol. The first-order valence-corrected chi connectivity index (χ1v) is 6.20. The van der Waals surface area contributed by atoms with Gasteiger partial charge in [-0.05, 0) is 18.2 Å². The molecule has 0 spiro atoms. The van der Waals surface area contributed by atoms with Crippen molar-refractivity contribution in [2.75, 3.05) is 14.2 Å². The van der Waals surface area contributed by atoms with Crippen LogP contribution in [-0.2, 0) is 0 Å². The van der Waals surface area contributed by atoms with Crippen LogP contribution in [0.15, 0.2) is 24.4 Å². The summed E-state index contributed by atoms with van der Waals surface area (Å²) in [4.78, 5) is 16.1. The highest BCUT2D eigenvalue weighted by molar-refractivity contribution is 7.16. The molecule has 19 heavy (non-hydrogen) atoms. The fourth-order valence-corrected chi connectivity index (χ4v) is 2.40. The molecule has 0 fully saturated rings. The molecule has 0 saturated carbocycles. The summed E-state index contributed by atoms with van der Waals surface area (Å²) in [5, 5.41) is 0.661. The van der Waals surface area contributed by atoms with Gasteiger partial charge in [0.2, 0.25) is 0 Å². The van der Waals surface area contributed by atoms with Crippen LogP contribution in [0.1, 0.15) is 9.67 Å². The Balaban J connectivity index is 2.45. The van der Waals surface area contributed by atoms with E-state index < -0.39 is 0 Å². The summed E-state index contributed by atoms with van der Waals surface area (Å²) in [6.45, 7) is 0. The number of hydrogen-bond donors (Lipinski definition) is 2. The molecule has 2 rings (SSSR count). The molecule has 1 heterocycles. The van der Waals surface area contributed by atoms with E-state index in [1.165, 1.54) is 17.5 Å². The van der Waals surface area contributed by atoms with Crippen molar-refractivity contribution in [3.05, 3.63) is 29.3 Å². The number of nitrogens with zero attached hydrogens (tertiary/aromatic N) is 1. The number of thiazole rings is 1. The summed E-state index contributed by atoms with van der Waals surface area (Å²) >= 11 is 1.23. The van der Waals surface area contributed by atoms with E-state index in [0.717, 1.165) is 5.56 Å². The molecular weight excluding hydrogens is 266 g/mol. The summed E-state index contributed by atoms with van der Waals surface area (Å²) in [6.07, 6.45) is 1.47. The fraction of sp³-hybridized carbons (Fsp3) is 0.167. The molecule has 1 aromatic heterocycles. The Morgan fingerprint density at radius 1 is 1.37 bits per heavy atom. The van der Waals surface area contributed by atoms with Crippen molar-refractivity contribution in [3.8, 4) is 22.1 Å². The fourth-order valence-electron chi connectivity index (χ4n) is 1.56. The molecule has 0 unspecified atom stereocenters. The van der Waals surface area contributed by atoms with Gasteiger partial charge in [0.05, 0.1) is 26.0 Å². The van der Waals surface area contributed by atoms with Gasteiger partial charge in [0.1, 0.15) is 21.4 Å². The van der Waals surface area contributed by atoms with E-state index in [9.17, 15) is 4.79 Å². The van der Waals surface area contributed by atoms with Crippen molar-refractivity contribution in [3.63, 3.8) is 0 Å². The van der Waals surface area contributed by atoms with Crippen LogP contribution in [-0.4, -0.2) is 25.1 Å². The Morgan fingerprint density at radius 2 is 2.16 bits per heavy atom. The summed E-state index contributed by atoms with van der Waals surface area (Å²) in [5.41, 5.74) is 2.84. The second-order valence-electron chi connectivity index (χ2n) is 3.57. The van der Waals surface area contributed by atoms with Gasteiger partial charge in [-0.3, -0.25) is 10.2 Å². The second-order valence-corrected chi connectivity index (χ2v) is 4.60.